The highest BCUT2D eigenvalue weighted by molar-refractivity contribution is 5.80. The van der Waals surface area contributed by atoms with Crippen LogP contribution in [0.2, 0.25) is 0 Å². The standard InChI is InChI=1S/C45H81NO10/c1-3-5-7-9-11-13-15-17-18-19-20-21-23-25-27-29-31-33-38(49)44(54)46-36(35-55-45-43(53)42(52)41(51)39(34-47)56-45)40(50)37(48)32-30-28-26-24-22-16-14-12-10-8-6-4-2/h4,6,12,14,20-21,24,26,36-43,45,47-53H,3,5,7-11,13,15-19,22-23,25,27-35H2,1-2H3,(H,46,54)/b6-4+,14-12+,21-20-,26-24+. The van der Waals surface area contributed by atoms with Gasteiger partial charge in [-0.05, 0) is 84.0 Å². The van der Waals surface area contributed by atoms with Gasteiger partial charge in [-0.15, -0.1) is 0 Å². The van der Waals surface area contributed by atoms with E-state index in [1.54, 1.807) is 0 Å². The molecule has 11 heteroatoms. The number of allylic oxidation sites excluding steroid dienone is 8. The Morgan fingerprint density at radius 1 is 0.643 bits per heavy atom. The van der Waals surface area contributed by atoms with Gasteiger partial charge >= 0.3 is 0 Å². The normalized spacial score (nSPS) is 22.8. The van der Waals surface area contributed by atoms with Gasteiger partial charge in [0.2, 0.25) is 5.91 Å². The van der Waals surface area contributed by atoms with E-state index in [4.69, 9.17) is 9.47 Å². The van der Waals surface area contributed by atoms with Crippen LogP contribution in [0.15, 0.2) is 48.6 Å². The van der Waals surface area contributed by atoms with Gasteiger partial charge in [-0.25, -0.2) is 0 Å². The van der Waals surface area contributed by atoms with Crippen molar-refractivity contribution >= 4 is 5.91 Å². The molecule has 1 heterocycles. The lowest BCUT2D eigenvalue weighted by Crippen LogP contribution is -2.60. The summed E-state index contributed by atoms with van der Waals surface area (Å²) in [7, 11) is 0. The van der Waals surface area contributed by atoms with Crippen LogP contribution >= 0.6 is 0 Å². The zero-order chi connectivity index (χ0) is 41.2. The number of hydrogen-bond acceptors (Lipinski definition) is 10. The molecule has 1 aliphatic rings. The average Bonchev–Trinajstić information content (AvgIpc) is 3.20. The summed E-state index contributed by atoms with van der Waals surface area (Å²) in [6.07, 6.45) is 28.9. The topological polar surface area (TPSA) is 189 Å². The molecule has 0 spiro atoms. The van der Waals surface area contributed by atoms with Crippen LogP contribution in [0, 0.1) is 0 Å². The Bertz CT molecular complexity index is 1050. The molecule has 9 atom stereocenters. The summed E-state index contributed by atoms with van der Waals surface area (Å²) in [4.78, 5) is 13.0. The molecule has 0 aromatic rings. The lowest BCUT2D eigenvalue weighted by molar-refractivity contribution is -0.303. The van der Waals surface area contributed by atoms with E-state index in [0.29, 0.717) is 19.3 Å². The molecule has 1 saturated heterocycles. The molecule has 0 aromatic heterocycles. The highest BCUT2D eigenvalue weighted by Crippen LogP contribution is 2.23. The Morgan fingerprint density at radius 2 is 1.14 bits per heavy atom. The Morgan fingerprint density at radius 3 is 1.70 bits per heavy atom. The number of aliphatic hydroxyl groups excluding tert-OH is 7. The first-order valence-corrected chi connectivity index (χ1v) is 22.0. The Kier molecular flexibility index (Phi) is 32.6. The molecule has 1 fully saturated rings. The summed E-state index contributed by atoms with van der Waals surface area (Å²) in [5, 5.41) is 75.4. The fourth-order valence-corrected chi connectivity index (χ4v) is 6.71. The van der Waals surface area contributed by atoms with Crippen molar-refractivity contribution in [2.75, 3.05) is 13.2 Å². The van der Waals surface area contributed by atoms with Crippen molar-refractivity contribution in [1.82, 2.24) is 5.32 Å². The van der Waals surface area contributed by atoms with Gasteiger partial charge in [0.1, 0.15) is 36.6 Å². The second kappa shape index (κ2) is 35.1. The van der Waals surface area contributed by atoms with Gasteiger partial charge in [0, 0.05) is 0 Å². The third kappa shape index (κ3) is 24.8. The van der Waals surface area contributed by atoms with Crippen molar-refractivity contribution in [2.24, 2.45) is 0 Å². The van der Waals surface area contributed by atoms with Crippen LogP contribution in [0.5, 0.6) is 0 Å². The largest absolute Gasteiger partial charge is 0.394 e. The third-order valence-electron chi connectivity index (χ3n) is 10.4. The van der Waals surface area contributed by atoms with Gasteiger partial charge in [0.15, 0.2) is 6.29 Å². The van der Waals surface area contributed by atoms with E-state index in [2.05, 4.69) is 48.7 Å². The van der Waals surface area contributed by atoms with Gasteiger partial charge < -0.3 is 50.5 Å². The minimum atomic E-state index is -1.67. The number of carbonyl (C=O) groups excluding carboxylic acids is 1. The number of ether oxygens (including phenoxy) is 2. The van der Waals surface area contributed by atoms with Crippen LogP contribution in [0.1, 0.15) is 162 Å². The number of aliphatic hydroxyl groups is 7. The fourth-order valence-electron chi connectivity index (χ4n) is 6.71. The van der Waals surface area contributed by atoms with Crippen molar-refractivity contribution in [3.8, 4) is 0 Å². The van der Waals surface area contributed by atoms with Crippen LogP contribution in [0.25, 0.3) is 0 Å². The molecule has 1 amide bonds. The molecule has 1 aliphatic heterocycles. The third-order valence-corrected chi connectivity index (χ3v) is 10.4. The monoisotopic (exact) mass is 796 g/mol. The van der Waals surface area contributed by atoms with Gasteiger partial charge in [-0.2, -0.15) is 0 Å². The molecule has 56 heavy (non-hydrogen) atoms. The van der Waals surface area contributed by atoms with E-state index in [1.807, 2.05) is 19.1 Å². The highest BCUT2D eigenvalue weighted by atomic mass is 16.7. The van der Waals surface area contributed by atoms with E-state index in [9.17, 15) is 40.5 Å². The predicted octanol–water partition coefficient (Wildman–Crippen LogP) is 6.61. The molecule has 0 radical (unpaired) electrons. The van der Waals surface area contributed by atoms with E-state index in [1.165, 1.54) is 57.8 Å². The maximum atomic E-state index is 13.0. The van der Waals surface area contributed by atoms with E-state index >= 15 is 0 Å². The second-order valence-corrected chi connectivity index (χ2v) is 15.4. The van der Waals surface area contributed by atoms with Crippen molar-refractivity contribution in [1.29, 1.82) is 0 Å². The van der Waals surface area contributed by atoms with Gasteiger partial charge in [0.25, 0.3) is 0 Å². The summed E-state index contributed by atoms with van der Waals surface area (Å²) in [5.41, 5.74) is 0. The SMILES string of the molecule is C/C=C/CC/C=C/CC/C=C/CCCC(O)C(O)C(COC1OC(CO)C(O)C(O)C1O)NC(=O)C(O)CCCCCC/C=C\CCCCCCCCCCC. The maximum Gasteiger partial charge on any atom is 0.249 e. The first kappa shape index (κ1) is 52.1. The van der Waals surface area contributed by atoms with Crippen LogP contribution in [-0.4, -0.2) is 110 Å². The molecular formula is C45H81NO10. The van der Waals surface area contributed by atoms with Gasteiger partial charge in [0.05, 0.1) is 25.4 Å². The highest BCUT2D eigenvalue weighted by Gasteiger charge is 2.44. The number of carbonyl (C=O) groups is 1. The summed E-state index contributed by atoms with van der Waals surface area (Å²) in [6, 6.07) is -1.20. The van der Waals surface area contributed by atoms with Crippen LogP contribution < -0.4 is 5.32 Å². The molecule has 8 N–H and O–H groups in total. The number of rotatable bonds is 35. The van der Waals surface area contributed by atoms with Crippen molar-refractivity contribution in [3.05, 3.63) is 48.6 Å². The minimum absolute atomic E-state index is 0.234. The molecular weight excluding hydrogens is 714 g/mol. The molecule has 0 saturated carbocycles. The zero-order valence-corrected chi connectivity index (χ0v) is 34.8. The molecule has 1 rings (SSSR count). The summed E-state index contributed by atoms with van der Waals surface area (Å²) < 4.78 is 11.0. The van der Waals surface area contributed by atoms with Crippen molar-refractivity contribution in [2.45, 2.75) is 217 Å². The molecule has 11 nitrogen and oxygen atoms in total. The zero-order valence-electron chi connectivity index (χ0n) is 34.8. The molecule has 0 aromatic carbocycles. The maximum absolute atomic E-state index is 13.0. The lowest BCUT2D eigenvalue weighted by Gasteiger charge is -2.40. The fraction of sp³-hybridized carbons (Fsp3) is 0.800. The molecule has 0 bridgehead atoms. The molecule has 0 aliphatic carbocycles. The van der Waals surface area contributed by atoms with Crippen LogP contribution in [0.4, 0.5) is 0 Å². The number of hydrogen-bond donors (Lipinski definition) is 8. The van der Waals surface area contributed by atoms with E-state index in [0.717, 1.165) is 57.8 Å². The van der Waals surface area contributed by atoms with Gasteiger partial charge in [-0.1, -0.05) is 126 Å². The first-order valence-electron chi connectivity index (χ1n) is 22.0. The number of nitrogens with one attached hydrogen (secondary N) is 1. The van der Waals surface area contributed by atoms with Crippen LogP contribution in [0.3, 0.4) is 0 Å². The first-order chi connectivity index (χ1) is 27.2. The summed E-state index contributed by atoms with van der Waals surface area (Å²) in [6.45, 7) is 3.17. The second-order valence-electron chi connectivity index (χ2n) is 15.4. The van der Waals surface area contributed by atoms with Crippen molar-refractivity contribution in [3.63, 3.8) is 0 Å². The van der Waals surface area contributed by atoms with E-state index in [-0.39, 0.29) is 12.8 Å². The summed E-state index contributed by atoms with van der Waals surface area (Å²) >= 11 is 0. The summed E-state index contributed by atoms with van der Waals surface area (Å²) in [5.74, 6) is -0.725. The number of amides is 1. The quantitative estimate of drug-likeness (QED) is 0.0256. The Labute approximate surface area is 339 Å². The Hall–Kier alpha value is -1.93. The van der Waals surface area contributed by atoms with Crippen LogP contribution in [-0.2, 0) is 14.3 Å². The minimum Gasteiger partial charge on any atom is -0.394 e. The Balaban J connectivity index is 2.51. The smallest absolute Gasteiger partial charge is 0.249 e. The van der Waals surface area contributed by atoms with Gasteiger partial charge in [-0.3, -0.25) is 4.79 Å². The number of unbranched alkanes of at least 4 members (excludes halogenated alkanes) is 16. The average molecular weight is 796 g/mol. The van der Waals surface area contributed by atoms with E-state index < -0.39 is 74.2 Å². The predicted molar refractivity (Wildman–Crippen MR) is 224 cm³/mol. The molecule has 9 unspecified atom stereocenters. The lowest BCUT2D eigenvalue weighted by atomic mass is 9.98. The van der Waals surface area contributed by atoms with Crippen molar-refractivity contribution < 1.29 is 50.0 Å². The molecule has 326 valence electrons.